The average molecular weight is 490 g/mol. The molecule has 2 aromatic rings. The third-order valence-corrected chi connectivity index (χ3v) is 5.50. The van der Waals surface area contributed by atoms with Crippen LogP contribution in [0.4, 0.5) is 4.79 Å². The van der Waals surface area contributed by atoms with Gasteiger partial charge in [0.05, 0.1) is 11.6 Å². The van der Waals surface area contributed by atoms with Gasteiger partial charge in [0.2, 0.25) is 6.29 Å². The van der Waals surface area contributed by atoms with Crippen molar-refractivity contribution >= 4 is 35.3 Å². The zero-order valence-corrected chi connectivity index (χ0v) is 22.2. The maximum absolute atomic E-state index is 12.0. The molecule has 34 heavy (non-hydrogen) atoms. The van der Waals surface area contributed by atoms with Crippen LogP contribution in [0.25, 0.3) is 11.3 Å². The first-order chi connectivity index (χ1) is 16.0. The van der Waals surface area contributed by atoms with E-state index in [4.69, 9.17) is 25.8 Å². The van der Waals surface area contributed by atoms with Crippen LogP contribution in [0.5, 0.6) is 0 Å². The standard InChI is InChI=1S/C26H36ClN3O4/c1-9-30-23(17(2)18(3)29-30)24(33-19(4)34-25(31)32-15-14-27)22(16-28-8)20-10-12-21(13-11-20)26(5,6)7/h10-13,16,19H,9,14-15H2,1-8H3/b24-22-,28-16?. The van der Waals surface area contributed by atoms with Crippen molar-refractivity contribution in [2.45, 2.75) is 66.7 Å². The van der Waals surface area contributed by atoms with Crippen molar-refractivity contribution in [3.8, 4) is 0 Å². The van der Waals surface area contributed by atoms with Gasteiger partial charge < -0.3 is 14.2 Å². The van der Waals surface area contributed by atoms with Crippen molar-refractivity contribution in [2.75, 3.05) is 19.5 Å². The first-order valence-electron chi connectivity index (χ1n) is 11.4. The third kappa shape index (κ3) is 6.86. The van der Waals surface area contributed by atoms with Crippen LogP contribution in [0.2, 0.25) is 0 Å². The number of allylic oxidation sites excluding steroid dienone is 1. The lowest BCUT2D eigenvalue weighted by Gasteiger charge is -2.22. The van der Waals surface area contributed by atoms with Gasteiger partial charge in [-0.05, 0) is 37.3 Å². The second-order valence-electron chi connectivity index (χ2n) is 8.92. The van der Waals surface area contributed by atoms with Crippen LogP contribution in [0.3, 0.4) is 0 Å². The van der Waals surface area contributed by atoms with Gasteiger partial charge in [0.1, 0.15) is 12.3 Å². The first-order valence-corrected chi connectivity index (χ1v) is 11.9. The Kier molecular flexibility index (Phi) is 9.74. The number of alkyl halides is 1. The van der Waals surface area contributed by atoms with Gasteiger partial charge in [-0.3, -0.25) is 9.67 Å². The van der Waals surface area contributed by atoms with Gasteiger partial charge in [-0.15, -0.1) is 11.6 Å². The maximum Gasteiger partial charge on any atom is 0.511 e. The fourth-order valence-electron chi connectivity index (χ4n) is 3.46. The lowest BCUT2D eigenvalue weighted by Crippen LogP contribution is -2.21. The SMILES string of the molecule is CCn1nc(C)c(C)c1/C(OC(C)OC(=O)OCCCl)=C(\C=NC)c1ccc(C(C)(C)C)cc1. The van der Waals surface area contributed by atoms with Crippen LogP contribution in [0.15, 0.2) is 29.3 Å². The van der Waals surface area contributed by atoms with Gasteiger partial charge in [-0.1, -0.05) is 45.0 Å². The van der Waals surface area contributed by atoms with E-state index in [9.17, 15) is 4.79 Å². The van der Waals surface area contributed by atoms with E-state index in [2.05, 4.69) is 55.1 Å². The molecule has 0 saturated carbocycles. The normalized spacial score (nSPS) is 13.6. The summed E-state index contributed by atoms with van der Waals surface area (Å²) in [5, 5.41) is 4.65. The Morgan fingerprint density at radius 2 is 1.85 bits per heavy atom. The number of halogens is 1. The van der Waals surface area contributed by atoms with E-state index >= 15 is 0 Å². The molecule has 0 N–H and O–H groups in total. The van der Waals surface area contributed by atoms with Gasteiger partial charge in [0.15, 0.2) is 5.76 Å². The molecular weight excluding hydrogens is 454 g/mol. The lowest BCUT2D eigenvalue weighted by atomic mass is 9.86. The van der Waals surface area contributed by atoms with E-state index in [-0.39, 0.29) is 17.9 Å². The minimum atomic E-state index is -0.924. The Hall–Kier alpha value is -2.80. The summed E-state index contributed by atoms with van der Waals surface area (Å²) in [6.45, 7) is 14.8. The average Bonchev–Trinajstić information content (AvgIpc) is 3.07. The second kappa shape index (κ2) is 12.1. The van der Waals surface area contributed by atoms with Gasteiger partial charge in [-0.25, -0.2) is 4.79 Å². The highest BCUT2D eigenvalue weighted by Gasteiger charge is 2.24. The molecule has 1 unspecified atom stereocenters. The smallest absolute Gasteiger partial charge is 0.452 e. The second-order valence-corrected chi connectivity index (χ2v) is 9.30. The molecule has 0 spiro atoms. The Morgan fingerprint density at radius 3 is 2.38 bits per heavy atom. The fourth-order valence-corrected chi connectivity index (χ4v) is 3.54. The van der Waals surface area contributed by atoms with Crippen LogP contribution in [0.1, 0.15) is 62.7 Å². The van der Waals surface area contributed by atoms with Crippen LogP contribution < -0.4 is 0 Å². The van der Waals surface area contributed by atoms with E-state index in [0.717, 1.165) is 28.1 Å². The number of aromatic nitrogens is 2. The highest BCUT2D eigenvalue weighted by atomic mass is 35.5. The van der Waals surface area contributed by atoms with Crippen LogP contribution >= 0.6 is 11.6 Å². The molecule has 1 atom stereocenters. The molecule has 0 aliphatic carbocycles. The molecule has 0 aliphatic heterocycles. The molecule has 1 aromatic carbocycles. The minimum Gasteiger partial charge on any atom is -0.452 e. The summed E-state index contributed by atoms with van der Waals surface area (Å²) in [7, 11) is 1.71. The van der Waals surface area contributed by atoms with Crippen molar-refractivity contribution in [2.24, 2.45) is 4.99 Å². The molecule has 0 saturated heterocycles. The Morgan fingerprint density at radius 1 is 1.21 bits per heavy atom. The monoisotopic (exact) mass is 489 g/mol. The highest BCUT2D eigenvalue weighted by Crippen LogP contribution is 2.32. The number of rotatable bonds is 9. The van der Waals surface area contributed by atoms with Crippen molar-refractivity contribution < 1.29 is 19.0 Å². The van der Waals surface area contributed by atoms with Crippen molar-refractivity contribution in [1.82, 2.24) is 9.78 Å². The number of aryl methyl sites for hydroxylation is 2. The van der Waals surface area contributed by atoms with E-state index in [1.54, 1.807) is 20.2 Å². The third-order valence-electron chi connectivity index (χ3n) is 5.35. The molecule has 2 rings (SSSR count). The molecule has 0 aliphatic rings. The number of hydrogen-bond acceptors (Lipinski definition) is 6. The number of nitrogens with zero attached hydrogens (tertiary/aromatic N) is 3. The van der Waals surface area contributed by atoms with Crippen molar-refractivity contribution in [3.05, 3.63) is 52.3 Å². The maximum atomic E-state index is 12.0. The van der Waals surface area contributed by atoms with Crippen LogP contribution in [0, 0.1) is 13.8 Å². The molecule has 8 heteroatoms. The molecule has 0 bridgehead atoms. The fraction of sp³-hybridized carbons (Fsp3) is 0.500. The number of benzene rings is 1. The zero-order valence-electron chi connectivity index (χ0n) is 21.4. The molecular formula is C26H36ClN3O4. The zero-order chi connectivity index (χ0) is 25.5. The van der Waals surface area contributed by atoms with Crippen LogP contribution in [-0.4, -0.2) is 48.0 Å². The summed E-state index contributed by atoms with van der Waals surface area (Å²) in [5.74, 6) is 0.706. The van der Waals surface area contributed by atoms with Gasteiger partial charge in [0, 0.05) is 37.9 Å². The largest absolute Gasteiger partial charge is 0.511 e. The summed E-state index contributed by atoms with van der Waals surface area (Å²) in [6, 6.07) is 8.32. The molecule has 7 nitrogen and oxygen atoms in total. The molecule has 0 fully saturated rings. The van der Waals surface area contributed by atoms with E-state index < -0.39 is 12.4 Å². The molecule has 1 heterocycles. The van der Waals surface area contributed by atoms with Gasteiger partial charge in [-0.2, -0.15) is 5.10 Å². The number of carbonyl (C=O) groups is 1. The summed E-state index contributed by atoms with van der Waals surface area (Å²) in [5.41, 5.74) is 5.60. The van der Waals surface area contributed by atoms with Gasteiger partial charge >= 0.3 is 6.16 Å². The molecule has 186 valence electrons. The Balaban J connectivity index is 2.64. The Bertz CT molecular complexity index is 1030. The predicted molar refractivity (Wildman–Crippen MR) is 137 cm³/mol. The number of aliphatic imine (C=N–C) groups is 1. The summed E-state index contributed by atoms with van der Waals surface area (Å²) < 4.78 is 18.4. The van der Waals surface area contributed by atoms with Crippen molar-refractivity contribution in [1.29, 1.82) is 0 Å². The number of hydrogen-bond donors (Lipinski definition) is 0. The number of ether oxygens (including phenoxy) is 3. The van der Waals surface area contributed by atoms with E-state index in [1.807, 2.05) is 25.5 Å². The van der Waals surface area contributed by atoms with Crippen LogP contribution in [-0.2, 0) is 26.2 Å². The lowest BCUT2D eigenvalue weighted by molar-refractivity contribution is -0.0659. The molecule has 0 radical (unpaired) electrons. The minimum absolute atomic E-state index is 0.0286. The van der Waals surface area contributed by atoms with Crippen molar-refractivity contribution in [3.63, 3.8) is 0 Å². The van der Waals surface area contributed by atoms with E-state index in [1.165, 1.54) is 5.56 Å². The topological polar surface area (TPSA) is 74.9 Å². The summed E-state index contributed by atoms with van der Waals surface area (Å²) in [6.07, 6.45) is -0.0154. The van der Waals surface area contributed by atoms with Gasteiger partial charge in [0.25, 0.3) is 0 Å². The quantitative estimate of drug-likeness (QED) is 0.139. The number of carbonyl (C=O) groups excluding carboxylic acids is 1. The predicted octanol–water partition coefficient (Wildman–Crippen LogP) is 6.14. The molecule has 0 amide bonds. The highest BCUT2D eigenvalue weighted by molar-refractivity contribution is 6.18. The summed E-state index contributed by atoms with van der Waals surface area (Å²) >= 11 is 5.59. The van der Waals surface area contributed by atoms with E-state index in [0.29, 0.717) is 12.3 Å². The Labute approximate surface area is 207 Å². The first kappa shape index (κ1) is 27.4. The summed E-state index contributed by atoms with van der Waals surface area (Å²) in [4.78, 5) is 16.3. The molecule has 1 aromatic heterocycles.